The molecule has 2 aliphatic heterocycles. The van der Waals surface area contributed by atoms with E-state index < -0.39 is 17.1 Å². The molecule has 2 heterocycles. The highest BCUT2D eigenvalue weighted by atomic mass is 35.5. The van der Waals surface area contributed by atoms with Crippen LogP contribution in [0.15, 0.2) is 23.1 Å². The molecule has 0 unspecified atom stereocenters. The van der Waals surface area contributed by atoms with Gasteiger partial charge < -0.3 is 15.5 Å². The first-order valence-corrected chi connectivity index (χ1v) is 9.79. The molecular weight excluding hydrogens is 404 g/mol. The van der Waals surface area contributed by atoms with Crippen LogP contribution >= 0.6 is 23.4 Å². The minimum Gasteiger partial charge on any atom is -0.368 e. The summed E-state index contributed by atoms with van der Waals surface area (Å²) >= 11 is 7.27. The molecule has 2 aliphatic rings. The van der Waals surface area contributed by atoms with Gasteiger partial charge in [0.25, 0.3) is 11.1 Å². The van der Waals surface area contributed by atoms with Crippen LogP contribution < -0.4 is 16.0 Å². The summed E-state index contributed by atoms with van der Waals surface area (Å²) in [5.41, 5.74) is 6.68. The second-order valence-corrected chi connectivity index (χ2v) is 7.95. The lowest BCUT2D eigenvalue weighted by Crippen LogP contribution is -2.45. The molecule has 1 aromatic carbocycles. The Hall–Kier alpha value is -2.52. The summed E-state index contributed by atoms with van der Waals surface area (Å²) < 4.78 is 0. The zero-order chi connectivity index (χ0) is 20.4. The number of thioether (sulfide) groups is 1. The molecule has 0 aromatic heterocycles. The Morgan fingerprint density at radius 2 is 2.18 bits per heavy atom. The third-order valence-electron chi connectivity index (χ3n) is 4.60. The van der Waals surface area contributed by atoms with Gasteiger partial charge in [-0.05, 0) is 30.3 Å². The Morgan fingerprint density at radius 1 is 1.43 bits per heavy atom. The van der Waals surface area contributed by atoms with Crippen molar-refractivity contribution in [3.05, 3.63) is 33.7 Å². The number of amides is 4. The van der Waals surface area contributed by atoms with E-state index in [1.54, 1.807) is 18.2 Å². The smallest absolute Gasteiger partial charge is 0.290 e. The molecule has 0 bridgehead atoms. The van der Waals surface area contributed by atoms with Gasteiger partial charge in [0.15, 0.2) is 0 Å². The SMILES string of the molecule is CC(=O)N(CC(N)=O)[C@H]1CCN(c2c(Cl)cccc2C=C2SC(=O)NC2=O)C1. The monoisotopic (exact) mass is 422 g/mol. The van der Waals surface area contributed by atoms with E-state index in [1.165, 1.54) is 11.8 Å². The van der Waals surface area contributed by atoms with Crippen LogP contribution in [-0.4, -0.2) is 53.5 Å². The van der Waals surface area contributed by atoms with Crippen LogP contribution in [0.2, 0.25) is 5.02 Å². The number of hydrogen-bond acceptors (Lipinski definition) is 6. The number of primary amides is 1. The maximum atomic E-state index is 11.9. The predicted molar refractivity (Wildman–Crippen MR) is 108 cm³/mol. The molecule has 148 valence electrons. The highest BCUT2D eigenvalue weighted by molar-refractivity contribution is 8.18. The maximum Gasteiger partial charge on any atom is 0.290 e. The van der Waals surface area contributed by atoms with Crippen molar-refractivity contribution in [2.75, 3.05) is 24.5 Å². The van der Waals surface area contributed by atoms with Crippen LogP contribution in [0, 0.1) is 0 Å². The first kappa shape index (κ1) is 20.2. The molecule has 1 aromatic rings. The number of rotatable bonds is 5. The Kier molecular flexibility index (Phi) is 5.95. The number of imide groups is 1. The lowest BCUT2D eigenvalue weighted by atomic mass is 10.1. The average molecular weight is 423 g/mol. The number of nitrogens with two attached hydrogens (primary N) is 1. The highest BCUT2D eigenvalue weighted by Crippen LogP contribution is 2.36. The summed E-state index contributed by atoms with van der Waals surface area (Å²) in [6.45, 7) is 2.37. The van der Waals surface area contributed by atoms with Crippen LogP contribution in [0.3, 0.4) is 0 Å². The number of nitrogens with one attached hydrogen (secondary N) is 1. The standard InChI is InChI=1S/C18H19ClN4O4S/c1-10(24)23(9-15(20)25)12-5-6-22(8-12)16-11(3-2-4-13(16)19)7-14-17(26)21-18(27)28-14/h2-4,7,12H,5-6,8-9H2,1H3,(H2,20,25)(H,21,26,27)/t12-/m0/s1. The van der Waals surface area contributed by atoms with Gasteiger partial charge in [0.1, 0.15) is 0 Å². The molecule has 1 atom stereocenters. The van der Waals surface area contributed by atoms with Crippen LogP contribution in [0.4, 0.5) is 10.5 Å². The number of hydrogen-bond donors (Lipinski definition) is 2. The molecule has 2 saturated heterocycles. The zero-order valence-electron chi connectivity index (χ0n) is 15.1. The van der Waals surface area contributed by atoms with Crippen LogP contribution in [0.1, 0.15) is 18.9 Å². The van der Waals surface area contributed by atoms with Crippen LogP contribution in [0.5, 0.6) is 0 Å². The van der Waals surface area contributed by atoms with E-state index in [4.69, 9.17) is 17.3 Å². The molecule has 3 N–H and O–H groups in total. The van der Waals surface area contributed by atoms with Gasteiger partial charge in [-0.15, -0.1) is 0 Å². The molecule has 0 radical (unpaired) electrons. The van der Waals surface area contributed by atoms with E-state index in [9.17, 15) is 19.2 Å². The topological polar surface area (TPSA) is 113 Å². The Bertz CT molecular complexity index is 888. The van der Waals surface area contributed by atoms with E-state index >= 15 is 0 Å². The van der Waals surface area contributed by atoms with Gasteiger partial charge in [-0.2, -0.15) is 0 Å². The molecule has 0 spiro atoms. The van der Waals surface area contributed by atoms with Crippen molar-refractivity contribution in [1.82, 2.24) is 10.2 Å². The second-order valence-electron chi connectivity index (χ2n) is 6.53. The molecule has 2 fully saturated rings. The fourth-order valence-electron chi connectivity index (χ4n) is 3.41. The van der Waals surface area contributed by atoms with E-state index in [-0.39, 0.29) is 18.5 Å². The van der Waals surface area contributed by atoms with E-state index in [2.05, 4.69) is 5.32 Å². The van der Waals surface area contributed by atoms with Crippen LogP contribution in [-0.2, 0) is 14.4 Å². The summed E-state index contributed by atoms with van der Waals surface area (Å²) in [6.07, 6.45) is 2.29. The number of benzene rings is 1. The summed E-state index contributed by atoms with van der Waals surface area (Å²) in [5, 5.41) is 2.31. The van der Waals surface area contributed by atoms with Crippen molar-refractivity contribution in [2.45, 2.75) is 19.4 Å². The molecule has 10 heteroatoms. The minimum atomic E-state index is -0.564. The Balaban J connectivity index is 1.88. The largest absolute Gasteiger partial charge is 0.368 e. The summed E-state index contributed by atoms with van der Waals surface area (Å²) in [4.78, 5) is 50.3. The molecule has 4 amide bonds. The Morgan fingerprint density at radius 3 is 2.79 bits per heavy atom. The highest BCUT2D eigenvalue weighted by Gasteiger charge is 2.32. The lowest BCUT2D eigenvalue weighted by molar-refractivity contribution is -0.135. The normalized spacial score (nSPS) is 20.6. The van der Waals surface area contributed by atoms with Gasteiger partial charge in [-0.25, -0.2) is 0 Å². The van der Waals surface area contributed by atoms with Gasteiger partial charge in [-0.3, -0.25) is 24.5 Å². The minimum absolute atomic E-state index is 0.133. The van der Waals surface area contributed by atoms with Crippen molar-refractivity contribution < 1.29 is 19.2 Å². The van der Waals surface area contributed by atoms with Crippen molar-refractivity contribution in [3.63, 3.8) is 0 Å². The van der Waals surface area contributed by atoms with E-state index in [0.717, 1.165) is 17.4 Å². The Labute approximate surface area is 171 Å². The lowest BCUT2D eigenvalue weighted by Gasteiger charge is -2.28. The molecular formula is C18H19ClN4O4S. The number of halogens is 1. The van der Waals surface area contributed by atoms with Crippen molar-refractivity contribution in [3.8, 4) is 0 Å². The summed E-state index contributed by atoms with van der Waals surface area (Å²) in [5.74, 6) is -1.22. The number of carbonyl (C=O) groups excluding carboxylic acids is 4. The molecule has 28 heavy (non-hydrogen) atoms. The molecule has 8 nitrogen and oxygen atoms in total. The quantitative estimate of drug-likeness (QED) is 0.696. The van der Waals surface area contributed by atoms with Crippen molar-refractivity contribution >= 4 is 58.1 Å². The first-order valence-electron chi connectivity index (χ1n) is 8.60. The second kappa shape index (κ2) is 8.24. The molecule has 0 saturated carbocycles. The zero-order valence-corrected chi connectivity index (χ0v) is 16.7. The van der Waals surface area contributed by atoms with Crippen LogP contribution in [0.25, 0.3) is 6.08 Å². The number of nitrogens with zero attached hydrogens (tertiary/aromatic N) is 2. The number of anilines is 1. The summed E-state index contributed by atoms with van der Waals surface area (Å²) in [7, 11) is 0. The van der Waals surface area contributed by atoms with Gasteiger partial charge in [0.2, 0.25) is 11.8 Å². The average Bonchev–Trinajstić information content (AvgIpc) is 3.19. The molecule has 0 aliphatic carbocycles. The predicted octanol–water partition coefficient (Wildman–Crippen LogP) is 1.58. The fourth-order valence-corrected chi connectivity index (χ4v) is 4.38. The fraction of sp³-hybridized carbons (Fsp3) is 0.333. The molecule has 3 rings (SSSR count). The first-order chi connectivity index (χ1) is 13.3. The number of carbonyl (C=O) groups is 4. The third-order valence-corrected chi connectivity index (χ3v) is 5.71. The third kappa shape index (κ3) is 4.31. The van der Waals surface area contributed by atoms with Gasteiger partial charge in [0, 0.05) is 25.6 Å². The maximum absolute atomic E-state index is 11.9. The van der Waals surface area contributed by atoms with E-state index in [1.807, 2.05) is 11.0 Å². The number of para-hydroxylation sites is 1. The van der Waals surface area contributed by atoms with Gasteiger partial charge in [-0.1, -0.05) is 23.7 Å². The van der Waals surface area contributed by atoms with E-state index in [0.29, 0.717) is 35.0 Å². The van der Waals surface area contributed by atoms with Gasteiger partial charge >= 0.3 is 0 Å². The van der Waals surface area contributed by atoms with Gasteiger partial charge in [0.05, 0.1) is 28.2 Å². The van der Waals surface area contributed by atoms with Crippen molar-refractivity contribution in [1.29, 1.82) is 0 Å². The summed E-state index contributed by atoms with van der Waals surface area (Å²) in [6, 6.07) is 5.14. The van der Waals surface area contributed by atoms with Crippen molar-refractivity contribution in [2.24, 2.45) is 5.73 Å².